The number of amides is 1. The van der Waals surface area contributed by atoms with Gasteiger partial charge in [0.05, 0.1) is 11.1 Å². The van der Waals surface area contributed by atoms with E-state index in [0.717, 1.165) is 22.2 Å². The largest absolute Gasteiger partial charge is 0.349 e. The average Bonchev–Trinajstić information content (AvgIpc) is 3.38. The van der Waals surface area contributed by atoms with E-state index in [1.54, 1.807) is 0 Å². The number of rotatable bonds is 4. The number of para-hydroxylation sites is 1. The van der Waals surface area contributed by atoms with Gasteiger partial charge in [0.2, 0.25) is 0 Å². The second-order valence-electron chi connectivity index (χ2n) is 6.49. The second-order valence-corrected chi connectivity index (χ2v) is 6.49. The highest BCUT2D eigenvalue weighted by molar-refractivity contribution is 6.06. The number of carbonyl (C=O) groups excluding carboxylic acids is 1. The van der Waals surface area contributed by atoms with Gasteiger partial charge in [-0.05, 0) is 50.7 Å². The third kappa shape index (κ3) is 2.53. The lowest BCUT2D eigenvalue weighted by atomic mass is 10.0. The maximum atomic E-state index is 12.7. The van der Waals surface area contributed by atoms with Crippen LogP contribution in [0.3, 0.4) is 0 Å². The number of nitrogens with one attached hydrogen (secondary N) is 1. The van der Waals surface area contributed by atoms with Crippen molar-refractivity contribution in [2.75, 3.05) is 0 Å². The lowest BCUT2D eigenvalue weighted by Gasteiger charge is -2.14. The van der Waals surface area contributed by atoms with Crippen molar-refractivity contribution in [3.05, 3.63) is 41.6 Å². The Labute approximate surface area is 124 Å². The molecule has 2 aromatic rings. The van der Waals surface area contributed by atoms with Gasteiger partial charge in [0.25, 0.3) is 5.91 Å². The third-order valence-electron chi connectivity index (χ3n) is 4.66. The molecular formula is C18H20N2O. The van der Waals surface area contributed by atoms with Crippen LogP contribution in [-0.2, 0) is 0 Å². The van der Waals surface area contributed by atoms with Crippen molar-refractivity contribution in [1.82, 2.24) is 10.3 Å². The SMILES string of the molecule is C[C@@H](NC(=O)c1cc(C2CC2)nc2ccccc12)C1CC1. The minimum atomic E-state index is 0.0508. The Balaban J connectivity index is 1.72. The number of pyridine rings is 1. The van der Waals surface area contributed by atoms with E-state index in [0.29, 0.717) is 11.8 Å². The lowest BCUT2D eigenvalue weighted by Crippen LogP contribution is -2.34. The van der Waals surface area contributed by atoms with Crippen molar-refractivity contribution >= 4 is 16.8 Å². The Bertz CT molecular complexity index is 701. The molecule has 0 spiro atoms. The van der Waals surface area contributed by atoms with E-state index in [-0.39, 0.29) is 11.9 Å². The molecular weight excluding hydrogens is 260 g/mol. The van der Waals surface area contributed by atoms with Gasteiger partial charge in [0.1, 0.15) is 0 Å². The average molecular weight is 280 g/mol. The first-order chi connectivity index (χ1) is 10.2. The molecule has 3 nitrogen and oxygen atoms in total. The van der Waals surface area contributed by atoms with Gasteiger partial charge >= 0.3 is 0 Å². The Morgan fingerprint density at radius 1 is 1.24 bits per heavy atom. The standard InChI is InChI=1S/C18H20N2O/c1-11(12-6-7-12)19-18(21)15-10-17(13-8-9-13)20-16-5-3-2-4-14(15)16/h2-5,10-13H,6-9H2,1H3,(H,19,21)/t11-/m1/s1. The molecule has 2 fully saturated rings. The molecule has 2 saturated carbocycles. The summed E-state index contributed by atoms with van der Waals surface area (Å²) in [6, 6.07) is 10.2. The Morgan fingerprint density at radius 2 is 2.00 bits per heavy atom. The number of hydrogen-bond donors (Lipinski definition) is 1. The fraction of sp³-hybridized carbons (Fsp3) is 0.444. The zero-order chi connectivity index (χ0) is 14.4. The highest BCUT2D eigenvalue weighted by atomic mass is 16.1. The molecule has 1 aromatic heterocycles. The molecule has 4 rings (SSSR count). The first-order valence-corrected chi connectivity index (χ1v) is 7.93. The number of carbonyl (C=O) groups is 1. The highest BCUT2D eigenvalue weighted by Gasteiger charge is 2.30. The smallest absolute Gasteiger partial charge is 0.252 e. The van der Waals surface area contributed by atoms with Crippen molar-refractivity contribution in [1.29, 1.82) is 0 Å². The summed E-state index contributed by atoms with van der Waals surface area (Å²) in [5, 5.41) is 4.13. The van der Waals surface area contributed by atoms with Gasteiger partial charge in [0, 0.05) is 23.0 Å². The van der Waals surface area contributed by atoms with E-state index in [2.05, 4.69) is 12.2 Å². The van der Waals surface area contributed by atoms with Crippen LogP contribution in [0.2, 0.25) is 0 Å². The number of benzene rings is 1. The Morgan fingerprint density at radius 3 is 2.71 bits per heavy atom. The van der Waals surface area contributed by atoms with Gasteiger partial charge in [-0.1, -0.05) is 18.2 Å². The summed E-state index contributed by atoms with van der Waals surface area (Å²) in [5.74, 6) is 1.28. The van der Waals surface area contributed by atoms with Gasteiger partial charge in [0.15, 0.2) is 0 Å². The highest BCUT2D eigenvalue weighted by Crippen LogP contribution is 2.40. The van der Waals surface area contributed by atoms with E-state index in [9.17, 15) is 4.79 Å². The van der Waals surface area contributed by atoms with Crippen LogP contribution in [0.1, 0.15) is 54.6 Å². The van der Waals surface area contributed by atoms with Crippen LogP contribution < -0.4 is 5.32 Å². The predicted molar refractivity (Wildman–Crippen MR) is 83.4 cm³/mol. The van der Waals surface area contributed by atoms with E-state index >= 15 is 0 Å². The zero-order valence-corrected chi connectivity index (χ0v) is 12.3. The molecule has 21 heavy (non-hydrogen) atoms. The number of nitrogens with zero attached hydrogens (tertiary/aromatic N) is 1. The van der Waals surface area contributed by atoms with Gasteiger partial charge in [-0.15, -0.1) is 0 Å². The second kappa shape index (κ2) is 4.83. The molecule has 108 valence electrons. The van der Waals surface area contributed by atoms with E-state index in [1.807, 2.05) is 30.3 Å². The Kier molecular flexibility index (Phi) is 2.95. The van der Waals surface area contributed by atoms with Crippen molar-refractivity contribution in [3.8, 4) is 0 Å². The van der Waals surface area contributed by atoms with Gasteiger partial charge in [-0.2, -0.15) is 0 Å². The lowest BCUT2D eigenvalue weighted by molar-refractivity contribution is 0.0937. The van der Waals surface area contributed by atoms with Crippen molar-refractivity contribution < 1.29 is 4.79 Å². The molecule has 2 aliphatic rings. The van der Waals surface area contributed by atoms with Crippen molar-refractivity contribution in [2.45, 2.75) is 44.6 Å². The third-order valence-corrected chi connectivity index (χ3v) is 4.66. The van der Waals surface area contributed by atoms with Gasteiger partial charge in [-0.25, -0.2) is 0 Å². The monoisotopic (exact) mass is 280 g/mol. The summed E-state index contributed by atoms with van der Waals surface area (Å²) in [6.45, 7) is 2.11. The molecule has 0 radical (unpaired) electrons. The minimum Gasteiger partial charge on any atom is -0.349 e. The molecule has 3 heteroatoms. The summed E-state index contributed by atoms with van der Waals surface area (Å²) in [7, 11) is 0. The molecule has 1 amide bonds. The quantitative estimate of drug-likeness (QED) is 0.929. The molecule has 1 atom stereocenters. The van der Waals surface area contributed by atoms with Crippen LogP contribution in [0.4, 0.5) is 0 Å². The predicted octanol–water partition coefficient (Wildman–Crippen LogP) is 3.64. The van der Waals surface area contributed by atoms with E-state index in [4.69, 9.17) is 4.98 Å². The van der Waals surface area contributed by atoms with Crippen LogP contribution in [0.25, 0.3) is 10.9 Å². The number of aromatic nitrogens is 1. The molecule has 0 bridgehead atoms. The summed E-state index contributed by atoms with van der Waals surface area (Å²) < 4.78 is 0. The molecule has 1 N–H and O–H groups in total. The normalized spacial score (nSPS) is 19.5. The summed E-state index contributed by atoms with van der Waals surface area (Å²) in [6.07, 6.45) is 4.88. The molecule has 2 aliphatic carbocycles. The van der Waals surface area contributed by atoms with Crippen molar-refractivity contribution in [2.24, 2.45) is 5.92 Å². The fourth-order valence-corrected chi connectivity index (χ4v) is 2.97. The van der Waals surface area contributed by atoms with Crippen molar-refractivity contribution in [3.63, 3.8) is 0 Å². The maximum absolute atomic E-state index is 12.7. The van der Waals surface area contributed by atoms with Crippen LogP contribution in [0.5, 0.6) is 0 Å². The van der Waals surface area contributed by atoms with Crippen LogP contribution in [-0.4, -0.2) is 16.9 Å². The molecule has 0 saturated heterocycles. The van der Waals surface area contributed by atoms with Gasteiger partial charge < -0.3 is 5.32 Å². The molecule has 1 aromatic carbocycles. The Hall–Kier alpha value is -1.90. The van der Waals surface area contributed by atoms with Crippen LogP contribution in [0, 0.1) is 5.92 Å². The van der Waals surface area contributed by atoms with E-state index in [1.165, 1.54) is 25.7 Å². The topological polar surface area (TPSA) is 42.0 Å². The van der Waals surface area contributed by atoms with Crippen LogP contribution >= 0.6 is 0 Å². The summed E-state index contributed by atoms with van der Waals surface area (Å²) >= 11 is 0. The van der Waals surface area contributed by atoms with Crippen LogP contribution in [0.15, 0.2) is 30.3 Å². The molecule has 0 aliphatic heterocycles. The summed E-state index contributed by atoms with van der Waals surface area (Å²) in [4.78, 5) is 17.4. The first kappa shape index (κ1) is 12.8. The van der Waals surface area contributed by atoms with E-state index < -0.39 is 0 Å². The molecule has 0 unspecified atom stereocenters. The first-order valence-electron chi connectivity index (χ1n) is 7.93. The maximum Gasteiger partial charge on any atom is 0.252 e. The number of fused-ring (bicyclic) bond motifs is 1. The summed E-state index contributed by atoms with van der Waals surface area (Å²) in [5.41, 5.74) is 2.80. The number of hydrogen-bond acceptors (Lipinski definition) is 2. The molecule has 1 heterocycles. The van der Waals surface area contributed by atoms with Gasteiger partial charge in [-0.3, -0.25) is 9.78 Å². The zero-order valence-electron chi connectivity index (χ0n) is 12.3. The fourth-order valence-electron chi connectivity index (χ4n) is 2.97. The minimum absolute atomic E-state index is 0.0508.